The van der Waals surface area contributed by atoms with E-state index >= 15 is 0 Å². The third-order valence-corrected chi connectivity index (χ3v) is 3.83. The number of ether oxygens (including phenoxy) is 3. The maximum absolute atomic E-state index is 10.1. The van der Waals surface area contributed by atoms with Gasteiger partial charge in [0.25, 0.3) is 0 Å². The van der Waals surface area contributed by atoms with Gasteiger partial charge in [-0.3, -0.25) is 5.43 Å². The highest BCUT2D eigenvalue weighted by Crippen LogP contribution is 2.32. The van der Waals surface area contributed by atoms with E-state index in [-0.39, 0.29) is 12.5 Å². The van der Waals surface area contributed by atoms with Gasteiger partial charge in [-0.2, -0.15) is 5.10 Å². The van der Waals surface area contributed by atoms with Crippen molar-refractivity contribution < 1.29 is 19.3 Å². The van der Waals surface area contributed by atoms with E-state index in [0.29, 0.717) is 29.6 Å². The maximum atomic E-state index is 10.1. The predicted octanol–water partition coefficient (Wildman–Crippen LogP) is 2.52. The molecular formula is C18H19N3O4S. The molecule has 1 aliphatic heterocycles. The van der Waals surface area contributed by atoms with Crippen molar-refractivity contribution in [2.24, 2.45) is 5.10 Å². The summed E-state index contributed by atoms with van der Waals surface area (Å²) in [5, 5.41) is 17.5. The van der Waals surface area contributed by atoms with Crippen molar-refractivity contribution in [1.82, 2.24) is 10.7 Å². The second kappa shape index (κ2) is 8.39. The van der Waals surface area contributed by atoms with Gasteiger partial charge < -0.3 is 24.6 Å². The minimum Gasteiger partial charge on any atom is -0.504 e. The smallest absolute Gasteiger partial charge is 0.231 e. The van der Waals surface area contributed by atoms with Crippen molar-refractivity contribution >= 4 is 23.5 Å². The van der Waals surface area contributed by atoms with Gasteiger partial charge in [0, 0.05) is 12.1 Å². The van der Waals surface area contributed by atoms with Gasteiger partial charge in [0.1, 0.15) is 0 Å². The van der Waals surface area contributed by atoms with Crippen LogP contribution in [0.2, 0.25) is 0 Å². The first kappa shape index (κ1) is 17.8. The molecule has 0 radical (unpaired) electrons. The van der Waals surface area contributed by atoms with E-state index in [2.05, 4.69) is 15.8 Å². The molecule has 136 valence electrons. The van der Waals surface area contributed by atoms with Crippen LogP contribution in [0.1, 0.15) is 18.1 Å². The van der Waals surface area contributed by atoms with E-state index in [4.69, 9.17) is 26.4 Å². The lowest BCUT2D eigenvalue weighted by molar-refractivity contribution is 0.174. The van der Waals surface area contributed by atoms with Crippen LogP contribution in [0.15, 0.2) is 41.5 Å². The molecule has 0 saturated carbocycles. The first-order chi connectivity index (χ1) is 12.7. The van der Waals surface area contributed by atoms with Crippen molar-refractivity contribution in [3.05, 3.63) is 47.5 Å². The van der Waals surface area contributed by atoms with Crippen LogP contribution in [-0.2, 0) is 6.54 Å². The van der Waals surface area contributed by atoms with Crippen LogP contribution in [-0.4, -0.2) is 29.8 Å². The summed E-state index contributed by atoms with van der Waals surface area (Å²) >= 11 is 5.19. The first-order valence-corrected chi connectivity index (χ1v) is 8.48. The topological polar surface area (TPSA) is 84.3 Å². The largest absolute Gasteiger partial charge is 0.504 e. The molecule has 26 heavy (non-hydrogen) atoms. The van der Waals surface area contributed by atoms with Crippen LogP contribution in [0.4, 0.5) is 0 Å². The monoisotopic (exact) mass is 373 g/mol. The quantitative estimate of drug-likeness (QED) is 0.408. The number of hydrogen-bond donors (Lipinski definition) is 3. The molecule has 0 aliphatic carbocycles. The van der Waals surface area contributed by atoms with E-state index < -0.39 is 0 Å². The van der Waals surface area contributed by atoms with Crippen LogP contribution in [0, 0.1) is 0 Å². The Labute approximate surface area is 156 Å². The zero-order valence-electron chi connectivity index (χ0n) is 14.2. The van der Waals surface area contributed by atoms with Crippen molar-refractivity contribution in [3.63, 3.8) is 0 Å². The van der Waals surface area contributed by atoms with Gasteiger partial charge in [-0.15, -0.1) is 0 Å². The number of benzene rings is 2. The summed E-state index contributed by atoms with van der Waals surface area (Å²) in [6.45, 7) is 3.09. The predicted molar refractivity (Wildman–Crippen MR) is 102 cm³/mol. The summed E-state index contributed by atoms with van der Waals surface area (Å²) in [6.07, 6.45) is 1.48. The molecule has 0 saturated heterocycles. The number of thiocarbonyl (C=S) groups is 1. The van der Waals surface area contributed by atoms with Gasteiger partial charge in [-0.1, -0.05) is 12.1 Å². The Bertz CT molecular complexity index is 826. The highest BCUT2D eigenvalue weighted by molar-refractivity contribution is 7.80. The molecule has 0 spiro atoms. The SMILES string of the molecule is CCOc1cccc(/C=N/NC(=S)NCc2ccc3c(c2)OCO3)c1O. The minimum absolute atomic E-state index is 0.0409. The molecule has 8 heteroatoms. The molecule has 0 aromatic heterocycles. The van der Waals surface area contributed by atoms with Crippen LogP contribution < -0.4 is 25.0 Å². The zero-order chi connectivity index (χ0) is 18.4. The average Bonchev–Trinajstić information content (AvgIpc) is 3.11. The summed E-state index contributed by atoms with van der Waals surface area (Å²) in [7, 11) is 0. The normalized spacial score (nSPS) is 12.2. The Morgan fingerprint density at radius 1 is 1.31 bits per heavy atom. The molecule has 1 heterocycles. The number of nitrogens with one attached hydrogen (secondary N) is 2. The Hall–Kier alpha value is -3.00. The highest BCUT2D eigenvalue weighted by Gasteiger charge is 2.13. The number of rotatable bonds is 6. The van der Waals surface area contributed by atoms with Gasteiger partial charge in [0.05, 0.1) is 12.8 Å². The number of hydrazone groups is 1. The molecule has 0 unspecified atom stereocenters. The van der Waals surface area contributed by atoms with Gasteiger partial charge in [0.15, 0.2) is 28.1 Å². The van der Waals surface area contributed by atoms with Gasteiger partial charge in [0.2, 0.25) is 6.79 Å². The summed E-state index contributed by atoms with van der Waals surface area (Å²) < 4.78 is 16.0. The number of aromatic hydroxyl groups is 1. The molecule has 1 aliphatic rings. The molecule has 7 nitrogen and oxygen atoms in total. The number of fused-ring (bicyclic) bond motifs is 1. The molecule has 2 aromatic carbocycles. The van der Waals surface area contributed by atoms with Crippen LogP contribution in [0.25, 0.3) is 0 Å². The minimum atomic E-state index is 0.0409. The molecule has 0 amide bonds. The third-order valence-electron chi connectivity index (χ3n) is 3.59. The van der Waals surface area contributed by atoms with E-state index in [1.165, 1.54) is 6.21 Å². The highest BCUT2D eigenvalue weighted by atomic mass is 32.1. The van der Waals surface area contributed by atoms with Crippen LogP contribution in [0.5, 0.6) is 23.0 Å². The average molecular weight is 373 g/mol. The van der Waals surface area contributed by atoms with Crippen LogP contribution in [0.3, 0.4) is 0 Å². The molecule has 3 rings (SSSR count). The van der Waals surface area contributed by atoms with Gasteiger partial charge >= 0.3 is 0 Å². The molecule has 0 bridgehead atoms. The van der Waals surface area contributed by atoms with Crippen molar-refractivity contribution in [2.75, 3.05) is 13.4 Å². The van der Waals surface area contributed by atoms with E-state index in [1.54, 1.807) is 18.2 Å². The fraction of sp³-hybridized carbons (Fsp3) is 0.222. The number of nitrogens with zero attached hydrogens (tertiary/aromatic N) is 1. The van der Waals surface area contributed by atoms with Crippen molar-refractivity contribution in [3.8, 4) is 23.0 Å². The standard InChI is InChI=1S/C18H19N3O4S/c1-2-23-15-5-3-4-13(17(15)22)10-20-21-18(26)19-9-12-6-7-14-16(8-12)25-11-24-14/h3-8,10,22H,2,9,11H2,1H3,(H2,19,21,26)/b20-10+. The molecule has 2 aromatic rings. The van der Waals surface area contributed by atoms with Crippen molar-refractivity contribution in [1.29, 1.82) is 0 Å². The summed E-state index contributed by atoms with van der Waals surface area (Å²) in [4.78, 5) is 0. The lowest BCUT2D eigenvalue weighted by atomic mass is 10.2. The van der Waals surface area contributed by atoms with Crippen LogP contribution >= 0.6 is 12.2 Å². The molecular weight excluding hydrogens is 354 g/mol. The Morgan fingerprint density at radius 2 is 2.15 bits per heavy atom. The zero-order valence-corrected chi connectivity index (χ0v) is 15.0. The number of para-hydroxylation sites is 1. The Morgan fingerprint density at radius 3 is 3.00 bits per heavy atom. The fourth-order valence-corrected chi connectivity index (χ4v) is 2.47. The molecule has 0 fully saturated rings. The van der Waals surface area contributed by atoms with E-state index in [1.807, 2.05) is 25.1 Å². The number of phenolic OH excluding ortho intramolecular Hbond substituents is 1. The molecule has 3 N–H and O–H groups in total. The Kier molecular flexibility index (Phi) is 5.75. The maximum Gasteiger partial charge on any atom is 0.231 e. The van der Waals surface area contributed by atoms with Gasteiger partial charge in [-0.05, 0) is 49.0 Å². The number of hydrogen-bond acceptors (Lipinski definition) is 6. The summed E-state index contributed by atoms with van der Waals surface area (Å²) in [5.74, 6) is 1.93. The Balaban J connectivity index is 1.51. The van der Waals surface area contributed by atoms with Gasteiger partial charge in [-0.25, -0.2) is 0 Å². The fourth-order valence-electron chi connectivity index (χ4n) is 2.35. The first-order valence-electron chi connectivity index (χ1n) is 8.07. The van der Waals surface area contributed by atoms with E-state index in [9.17, 15) is 5.11 Å². The third kappa shape index (κ3) is 4.34. The summed E-state index contributed by atoms with van der Waals surface area (Å²) in [6, 6.07) is 10.9. The number of phenols is 1. The second-order valence-electron chi connectivity index (χ2n) is 5.37. The summed E-state index contributed by atoms with van der Waals surface area (Å²) in [5.41, 5.74) is 4.25. The molecule has 0 atom stereocenters. The lowest BCUT2D eigenvalue weighted by Gasteiger charge is -2.09. The lowest BCUT2D eigenvalue weighted by Crippen LogP contribution is -2.31. The second-order valence-corrected chi connectivity index (χ2v) is 5.78. The van der Waals surface area contributed by atoms with Crippen molar-refractivity contribution in [2.45, 2.75) is 13.5 Å². The van der Waals surface area contributed by atoms with E-state index in [0.717, 1.165) is 17.1 Å².